The minimum Gasteiger partial charge on any atom is -0.472 e. The van der Waals surface area contributed by atoms with Crippen LogP contribution in [0.3, 0.4) is 0 Å². The van der Waals surface area contributed by atoms with Gasteiger partial charge in [-0.1, -0.05) is 30.1 Å². The minimum atomic E-state index is 0.0577. The first-order valence-corrected chi connectivity index (χ1v) is 7.01. The maximum atomic E-state index is 6.23. The molecule has 3 nitrogen and oxygen atoms in total. The molecule has 0 amide bonds. The zero-order valence-electron chi connectivity index (χ0n) is 10.7. The van der Waals surface area contributed by atoms with Crippen molar-refractivity contribution < 1.29 is 4.42 Å². The molecule has 0 fully saturated rings. The van der Waals surface area contributed by atoms with Crippen LogP contribution in [0, 0.1) is 0 Å². The van der Waals surface area contributed by atoms with Crippen LogP contribution in [-0.2, 0) is 6.42 Å². The second-order valence-electron chi connectivity index (χ2n) is 4.36. The highest BCUT2D eigenvalue weighted by Gasteiger charge is 2.17. The fourth-order valence-corrected chi connectivity index (χ4v) is 2.42. The summed E-state index contributed by atoms with van der Waals surface area (Å²) in [5.74, 6) is 0. The van der Waals surface area contributed by atoms with E-state index in [-0.39, 0.29) is 6.04 Å². The molecule has 5 heteroatoms. The third-order valence-corrected chi connectivity index (χ3v) is 3.34. The molecule has 2 aromatic rings. The van der Waals surface area contributed by atoms with Gasteiger partial charge in [-0.3, -0.25) is 4.98 Å². The minimum absolute atomic E-state index is 0.0577. The number of furan rings is 1. The molecule has 2 heterocycles. The summed E-state index contributed by atoms with van der Waals surface area (Å²) in [6.07, 6.45) is 6.87. The number of aromatic nitrogens is 1. The van der Waals surface area contributed by atoms with Gasteiger partial charge in [0, 0.05) is 6.20 Å². The van der Waals surface area contributed by atoms with Crippen molar-refractivity contribution in [1.82, 2.24) is 10.3 Å². The maximum absolute atomic E-state index is 6.23. The molecule has 0 saturated heterocycles. The molecule has 0 aromatic carbocycles. The van der Waals surface area contributed by atoms with Crippen LogP contribution < -0.4 is 5.32 Å². The number of halogens is 2. The first-order valence-electron chi connectivity index (χ1n) is 6.26. The summed E-state index contributed by atoms with van der Waals surface area (Å²) >= 11 is 12.1. The standard InChI is InChI=1S/C14H16Cl2N2O/c1-2-4-17-13(6-10-3-5-19-9-10)14-12(16)7-11(15)8-18-14/h3,5,7-9,13,17H,2,4,6H2,1H3. The van der Waals surface area contributed by atoms with Crippen molar-refractivity contribution in [2.75, 3.05) is 6.54 Å². The molecule has 1 unspecified atom stereocenters. The number of hydrogen-bond donors (Lipinski definition) is 1. The molecule has 1 atom stereocenters. The highest BCUT2D eigenvalue weighted by molar-refractivity contribution is 6.34. The van der Waals surface area contributed by atoms with Gasteiger partial charge in [0.15, 0.2) is 0 Å². The molecule has 102 valence electrons. The number of pyridine rings is 1. The topological polar surface area (TPSA) is 38.1 Å². The summed E-state index contributed by atoms with van der Waals surface area (Å²) in [7, 11) is 0. The number of hydrogen-bond acceptors (Lipinski definition) is 3. The molecule has 0 aliphatic heterocycles. The van der Waals surface area contributed by atoms with Crippen molar-refractivity contribution in [3.8, 4) is 0 Å². The van der Waals surface area contributed by atoms with Crippen molar-refractivity contribution >= 4 is 23.2 Å². The van der Waals surface area contributed by atoms with Gasteiger partial charge in [-0.05, 0) is 37.1 Å². The fraction of sp³-hybridized carbons (Fsp3) is 0.357. The largest absolute Gasteiger partial charge is 0.472 e. The summed E-state index contributed by atoms with van der Waals surface area (Å²) < 4.78 is 5.10. The fourth-order valence-electron chi connectivity index (χ4n) is 1.91. The molecular weight excluding hydrogens is 283 g/mol. The van der Waals surface area contributed by atoms with Gasteiger partial charge in [0.2, 0.25) is 0 Å². The van der Waals surface area contributed by atoms with Crippen LogP contribution in [0.1, 0.15) is 30.6 Å². The lowest BCUT2D eigenvalue weighted by molar-refractivity contribution is 0.511. The SMILES string of the molecule is CCCNC(Cc1ccoc1)c1ncc(Cl)cc1Cl. The van der Waals surface area contributed by atoms with E-state index < -0.39 is 0 Å². The molecule has 2 aromatic heterocycles. The van der Waals surface area contributed by atoms with Gasteiger partial charge in [-0.25, -0.2) is 0 Å². The van der Waals surface area contributed by atoms with Gasteiger partial charge in [0.05, 0.1) is 34.3 Å². The zero-order chi connectivity index (χ0) is 13.7. The second kappa shape index (κ2) is 6.94. The van der Waals surface area contributed by atoms with E-state index in [0.29, 0.717) is 10.0 Å². The number of rotatable bonds is 6. The Hall–Kier alpha value is -1.03. The van der Waals surface area contributed by atoms with E-state index in [1.54, 1.807) is 24.8 Å². The monoisotopic (exact) mass is 298 g/mol. The third-order valence-electron chi connectivity index (χ3n) is 2.83. The molecule has 2 rings (SSSR count). The van der Waals surface area contributed by atoms with Crippen LogP contribution in [0.2, 0.25) is 10.0 Å². The van der Waals surface area contributed by atoms with Gasteiger partial charge >= 0.3 is 0 Å². The smallest absolute Gasteiger partial charge is 0.0935 e. The molecule has 0 spiro atoms. The van der Waals surface area contributed by atoms with Crippen molar-refractivity contribution in [3.05, 3.63) is 52.2 Å². The first kappa shape index (κ1) is 14.4. The molecule has 0 aliphatic rings. The molecule has 1 N–H and O–H groups in total. The Morgan fingerprint density at radius 2 is 2.26 bits per heavy atom. The van der Waals surface area contributed by atoms with E-state index >= 15 is 0 Å². The van der Waals surface area contributed by atoms with Crippen LogP contribution in [0.5, 0.6) is 0 Å². The molecule has 19 heavy (non-hydrogen) atoms. The highest BCUT2D eigenvalue weighted by atomic mass is 35.5. The van der Waals surface area contributed by atoms with Gasteiger partial charge in [0.1, 0.15) is 0 Å². The van der Waals surface area contributed by atoms with Crippen LogP contribution in [0.15, 0.2) is 35.3 Å². The zero-order valence-corrected chi connectivity index (χ0v) is 12.2. The van der Waals surface area contributed by atoms with Gasteiger partial charge in [0.25, 0.3) is 0 Å². The van der Waals surface area contributed by atoms with Crippen molar-refractivity contribution in [1.29, 1.82) is 0 Å². The Morgan fingerprint density at radius 1 is 1.42 bits per heavy atom. The summed E-state index contributed by atoms with van der Waals surface area (Å²) in [4.78, 5) is 4.35. The average molecular weight is 299 g/mol. The van der Waals surface area contributed by atoms with Crippen LogP contribution in [-0.4, -0.2) is 11.5 Å². The van der Waals surface area contributed by atoms with Crippen molar-refractivity contribution in [3.63, 3.8) is 0 Å². The summed E-state index contributed by atoms with van der Waals surface area (Å²) in [6, 6.07) is 3.73. The van der Waals surface area contributed by atoms with Crippen LogP contribution in [0.25, 0.3) is 0 Å². The predicted octanol–water partition coefficient (Wildman–Crippen LogP) is 4.26. The average Bonchev–Trinajstić information content (AvgIpc) is 2.88. The van der Waals surface area contributed by atoms with E-state index in [2.05, 4.69) is 17.2 Å². The summed E-state index contributed by atoms with van der Waals surface area (Å²) in [6.45, 7) is 3.03. The highest BCUT2D eigenvalue weighted by Crippen LogP contribution is 2.26. The van der Waals surface area contributed by atoms with Crippen molar-refractivity contribution in [2.45, 2.75) is 25.8 Å². The second-order valence-corrected chi connectivity index (χ2v) is 5.21. The summed E-state index contributed by atoms with van der Waals surface area (Å²) in [5, 5.41) is 4.59. The lowest BCUT2D eigenvalue weighted by Crippen LogP contribution is -2.25. The van der Waals surface area contributed by atoms with E-state index in [4.69, 9.17) is 27.6 Å². The van der Waals surface area contributed by atoms with E-state index in [0.717, 1.165) is 30.6 Å². The van der Waals surface area contributed by atoms with Gasteiger partial charge < -0.3 is 9.73 Å². The Kier molecular flexibility index (Phi) is 5.25. The normalized spacial score (nSPS) is 12.6. The molecule has 0 radical (unpaired) electrons. The van der Waals surface area contributed by atoms with Crippen LogP contribution in [0.4, 0.5) is 0 Å². The van der Waals surface area contributed by atoms with Crippen LogP contribution >= 0.6 is 23.2 Å². The van der Waals surface area contributed by atoms with E-state index in [1.807, 2.05) is 6.07 Å². The first-order chi connectivity index (χ1) is 9.20. The molecule has 0 aliphatic carbocycles. The lowest BCUT2D eigenvalue weighted by atomic mass is 10.0. The number of nitrogens with one attached hydrogen (secondary N) is 1. The summed E-state index contributed by atoms with van der Waals surface area (Å²) in [5.41, 5.74) is 1.93. The Morgan fingerprint density at radius 3 is 2.89 bits per heavy atom. The van der Waals surface area contributed by atoms with Gasteiger partial charge in [-0.15, -0.1) is 0 Å². The third kappa shape index (κ3) is 3.96. The number of nitrogens with zero attached hydrogens (tertiary/aromatic N) is 1. The quantitative estimate of drug-likeness (QED) is 0.866. The Balaban J connectivity index is 2.20. The Bertz CT molecular complexity index is 514. The lowest BCUT2D eigenvalue weighted by Gasteiger charge is -2.18. The van der Waals surface area contributed by atoms with E-state index in [1.165, 1.54) is 0 Å². The molecular formula is C14H16Cl2N2O. The van der Waals surface area contributed by atoms with E-state index in [9.17, 15) is 0 Å². The molecule has 0 saturated carbocycles. The van der Waals surface area contributed by atoms with Crippen molar-refractivity contribution in [2.24, 2.45) is 0 Å². The maximum Gasteiger partial charge on any atom is 0.0935 e. The molecule has 0 bridgehead atoms. The Labute approximate surface area is 122 Å². The predicted molar refractivity (Wildman–Crippen MR) is 77.7 cm³/mol. The van der Waals surface area contributed by atoms with Gasteiger partial charge in [-0.2, -0.15) is 0 Å².